The lowest BCUT2D eigenvalue weighted by atomic mass is 10.2. The Morgan fingerprint density at radius 2 is 1.91 bits per heavy atom. The lowest BCUT2D eigenvalue weighted by Gasteiger charge is -2.26. The molecule has 34 heavy (non-hydrogen) atoms. The van der Waals surface area contributed by atoms with Crippen LogP contribution in [0.3, 0.4) is 0 Å². The largest absolute Gasteiger partial charge is 0.492 e. The van der Waals surface area contributed by atoms with Gasteiger partial charge >= 0.3 is 0 Å². The first kappa shape index (κ1) is 21.2. The van der Waals surface area contributed by atoms with Crippen LogP contribution in [0, 0.1) is 0 Å². The monoisotopic (exact) mass is 470 g/mol. The lowest BCUT2D eigenvalue weighted by Crippen LogP contribution is -2.38. The fourth-order valence-electron chi connectivity index (χ4n) is 4.30. The second-order valence-electron chi connectivity index (χ2n) is 8.42. The first-order valence-corrected chi connectivity index (χ1v) is 12.4. The van der Waals surface area contributed by atoms with Gasteiger partial charge in [0.15, 0.2) is 0 Å². The van der Waals surface area contributed by atoms with Crippen LogP contribution in [0.4, 0.5) is 11.4 Å². The van der Waals surface area contributed by atoms with E-state index in [-0.39, 0.29) is 0 Å². The number of fused-ring (bicyclic) bond motifs is 2. The Hall–Kier alpha value is -3.39. The molecule has 1 fully saturated rings. The Morgan fingerprint density at radius 1 is 1.03 bits per heavy atom. The highest BCUT2D eigenvalue weighted by molar-refractivity contribution is 7.22. The number of nitrogens with zero attached hydrogens (tertiary/aromatic N) is 2. The summed E-state index contributed by atoms with van der Waals surface area (Å²) in [5, 5.41) is 4.77. The first-order chi connectivity index (χ1) is 16.8. The van der Waals surface area contributed by atoms with Crippen molar-refractivity contribution in [3.05, 3.63) is 73.1 Å². The molecule has 1 saturated heterocycles. The number of benzene rings is 2. The van der Waals surface area contributed by atoms with Crippen molar-refractivity contribution >= 4 is 43.8 Å². The molecule has 6 nitrogen and oxygen atoms in total. The summed E-state index contributed by atoms with van der Waals surface area (Å²) in [4.78, 5) is 11.4. The average molecular weight is 471 g/mol. The van der Waals surface area contributed by atoms with Crippen molar-refractivity contribution in [1.29, 1.82) is 0 Å². The van der Waals surface area contributed by atoms with E-state index < -0.39 is 0 Å². The van der Waals surface area contributed by atoms with Crippen molar-refractivity contribution in [3.8, 4) is 16.2 Å². The van der Waals surface area contributed by atoms with E-state index in [1.807, 2.05) is 18.5 Å². The summed E-state index contributed by atoms with van der Waals surface area (Å²) in [6.45, 7) is 5.23. The first-order valence-electron chi connectivity index (χ1n) is 11.6. The molecule has 7 heteroatoms. The summed E-state index contributed by atoms with van der Waals surface area (Å²) >= 11 is 1.75. The highest BCUT2D eigenvalue weighted by Gasteiger charge is 2.12. The zero-order valence-corrected chi connectivity index (χ0v) is 19.6. The molecule has 6 rings (SSSR count). The van der Waals surface area contributed by atoms with E-state index in [1.165, 1.54) is 15.8 Å². The SMILES string of the molecule is c1cc(Nc2ccc3[nH]ccc3c2)c2sc(-c3ccc(OCCN4CCOCC4)cc3)cc2n1. The maximum atomic E-state index is 5.97. The second kappa shape index (κ2) is 9.46. The predicted octanol–water partition coefficient (Wildman–Crippen LogP) is 5.90. The summed E-state index contributed by atoms with van der Waals surface area (Å²) in [5.41, 5.74) is 5.44. The smallest absolute Gasteiger partial charge is 0.119 e. The molecule has 0 radical (unpaired) electrons. The number of rotatable bonds is 7. The number of morpholine rings is 1. The lowest BCUT2D eigenvalue weighted by molar-refractivity contribution is 0.0322. The van der Waals surface area contributed by atoms with Crippen molar-refractivity contribution in [2.75, 3.05) is 44.8 Å². The quantitative estimate of drug-likeness (QED) is 0.310. The number of anilines is 2. The maximum absolute atomic E-state index is 5.97. The van der Waals surface area contributed by atoms with Crippen molar-refractivity contribution in [2.24, 2.45) is 0 Å². The molecule has 0 amide bonds. The minimum Gasteiger partial charge on any atom is -0.492 e. The van der Waals surface area contributed by atoms with Gasteiger partial charge in [-0.2, -0.15) is 0 Å². The third-order valence-electron chi connectivity index (χ3n) is 6.16. The van der Waals surface area contributed by atoms with Crippen molar-refractivity contribution in [1.82, 2.24) is 14.9 Å². The molecule has 172 valence electrons. The molecule has 2 aromatic carbocycles. The standard InChI is InChI=1S/C27H26N4O2S/c1-4-22(33-16-13-31-11-14-32-15-12-31)5-2-19(1)26-18-25-27(34-26)24(8-10-29-25)30-21-3-6-23-20(17-21)7-9-28-23/h1-10,17-18,28H,11-16H2,(H,29,30). The van der Waals surface area contributed by atoms with Crippen molar-refractivity contribution < 1.29 is 9.47 Å². The van der Waals surface area contributed by atoms with Crippen molar-refractivity contribution in [2.45, 2.75) is 0 Å². The van der Waals surface area contributed by atoms with Crippen LogP contribution in [0.5, 0.6) is 5.75 Å². The van der Waals surface area contributed by atoms with Gasteiger partial charge in [0.05, 0.1) is 29.1 Å². The zero-order valence-electron chi connectivity index (χ0n) is 18.8. The minimum absolute atomic E-state index is 0.690. The molecule has 3 aromatic heterocycles. The van der Waals surface area contributed by atoms with E-state index in [0.717, 1.165) is 65.7 Å². The number of H-pyrrole nitrogens is 1. The minimum atomic E-state index is 0.690. The number of pyridine rings is 1. The number of nitrogens with one attached hydrogen (secondary N) is 2. The van der Waals surface area contributed by atoms with Crippen LogP contribution in [0.2, 0.25) is 0 Å². The normalized spacial score (nSPS) is 14.6. The van der Waals surface area contributed by atoms with E-state index in [1.54, 1.807) is 11.3 Å². The second-order valence-corrected chi connectivity index (χ2v) is 9.47. The van der Waals surface area contributed by atoms with Crippen LogP contribution < -0.4 is 10.1 Å². The molecular weight excluding hydrogens is 444 g/mol. The highest BCUT2D eigenvalue weighted by atomic mass is 32.1. The van der Waals surface area contributed by atoms with Crippen LogP contribution in [0.15, 0.2) is 73.1 Å². The summed E-state index contributed by atoms with van der Waals surface area (Å²) in [6.07, 6.45) is 3.83. The van der Waals surface area contributed by atoms with Gasteiger partial charge in [-0.3, -0.25) is 9.88 Å². The van der Waals surface area contributed by atoms with Gasteiger partial charge < -0.3 is 19.8 Å². The van der Waals surface area contributed by atoms with E-state index in [4.69, 9.17) is 9.47 Å². The molecule has 0 atom stereocenters. The molecule has 4 heterocycles. The molecule has 1 aliphatic heterocycles. The average Bonchev–Trinajstić information content (AvgIpc) is 3.53. The van der Waals surface area contributed by atoms with E-state index in [2.05, 4.69) is 74.8 Å². The van der Waals surface area contributed by atoms with Gasteiger partial charge in [0.2, 0.25) is 0 Å². The van der Waals surface area contributed by atoms with Crippen LogP contribution in [0.1, 0.15) is 0 Å². The fourth-order valence-corrected chi connectivity index (χ4v) is 5.39. The Labute approximate surface area is 202 Å². The maximum Gasteiger partial charge on any atom is 0.119 e. The van der Waals surface area contributed by atoms with Gasteiger partial charge in [-0.05, 0) is 66.2 Å². The molecule has 0 spiro atoms. The van der Waals surface area contributed by atoms with Crippen LogP contribution >= 0.6 is 11.3 Å². The summed E-state index contributed by atoms with van der Waals surface area (Å²) in [6, 6.07) is 21.0. The van der Waals surface area contributed by atoms with Gasteiger partial charge in [0.1, 0.15) is 12.4 Å². The fraction of sp³-hybridized carbons (Fsp3) is 0.222. The third kappa shape index (κ3) is 4.50. The van der Waals surface area contributed by atoms with E-state index in [0.29, 0.717) is 6.61 Å². The number of ether oxygens (including phenoxy) is 2. The summed E-state index contributed by atoms with van der Waals surface area (Å²) in [7, 11) is 0. The van der Waals surface area contributed by atoms with Gasteiger partial charge in [0.25, 0.3) is 0 Å². The third-order valence-corrected chi connectivity index (χ3v) is 7.37. The molecular formula is C27H26N4O2S. The number of hydrogen-bond donors (Lipinski definition) is 2. The van der Waals surface area contributed by atoms with Gasteiger partial charge in [0, 0.05) is 53.5 Å². The van der Waals surface area contributed by atoms with Crippen LogP contribution in [-0.4, -0.2) is 54.3 Å². The number of aromatic amines is 1. The molecule has 2 N–H and O–H groups in total. The molecule has 0 unspecified atom stereocenters. The Kier molecular flexibility index (Phi) is 5.89. The van der Waals surface area contributed by atoms with Crippen LogP contribution in [0.25, 0.3) is 31.6 Å². The highest BCUT2D eigenvalue weighted by Crippen LogP contribution is 2.38. The van der Waals surface area contributed by atoms with Gasteiger partial charge in [-0.1, -0.05) is 0 Å². The zero-order chi connectivity index (χ0) is 22.7. The molecule has 1 aliphatic rings. The number of hydrogen-bond acceptors (Lipinski definition) is 6. The number of thiophene rings is 1. The Balaban J connectivity index is 1.16. The Bertz CT molecular complexity index is 1400. The molecule has 5 aromatic rings. The van der Waals surface area contributed by atoms with Gasteiger partial charge in [-0.15, -0.1) is 11.3 Å². The van der Waals surface area contributed by atoms with Crippen LogP contribution in [-0.2, 0) is 4.74 Å². The predicted molar refractivity (Wildman–Crippen MR) is 139 cm³/mol. The number of aromatic nitrogens is 2. The molecule has 0 bridgehead atoms. The van der Waals surface area contributed by atoms with Crippen molar-refractivity contribution in [3.63, 3.8) is 0 Å². The summed E-state index contributed by atoms with van der Waals surface area (Å²) in [5.74, 6) is 0.902. The molecule has 0 saturated carbocycles. The van der Waals surface area contributed by atoms with Gasteiger partial charge in [-0.25, -0.2) is 0 Å². The Morgan fingerprint density at radius 3 is 2.79 bits per heavy atom. The molecule has 0 aliphatic carbocycles. The van der Waals surface area contributed by atoms with E-state index in [9.17, 15) is 0 Å². The topological polar surface area (TPSA) is 62.4 Å². The summed E-state index contributed by atoms with van der Waals surface area (Å²) < 4.78 is 12.5. The van der Waals surface area contributed by atoms with E-state index >= 15 is 0 Å².